The number of amides is 1. The fourth-order valence-corrected chi connectivity index (χ4v) is 4.44. The highest BCUT2D eigenvalue weighted by molar-refractivity contribution is 6.32. The summed E-state index contributed by atoms with van der Waals surface area (Å²) in [6, 6.07) is 4.29. The van der Waals surface area contributed by atoms with E-state index in [-0.39, 0.29) is 11.1 Å². The van der Waals surface area contributed by atoms with Crippen LogP contribution in [0.2, 0.25) is 5.15 Å². The summed E-state index contributed by atoms with van der Waals surface area (Å²) in [5.41, 5.74) is 3.62. The number of carbonyl (C=O) groups excluding carboxylic acids is 1. The van der Waals surface area contributed by atoms with Crippen molar-refractivity contribution in [3.8, 4) is 0 Å². The smallest absolute Gasteiger partial charge is 0.259 e. The Bertz CT molecular complexity index is 1310. The summed E-state index contributed by atoms with van der Waals surface area (Å²) in [5.74, 6) is 0.0639. The van der Waals surface area contributed by atoms with E-state index in [1.165, 1.54) is 0 Å². The van der Waals surface area contributed by atoms with Crippen molar-refractivity contribution in [3.05, 3.63) is 47.1 Å². The van der Waals surface area contributed by atoms with Crippen LogP contribution in [0.5, 0.6) is 0 Å². The van der Waals surface area contributed by atoms with E-state index in [2.05, 4.69) is 30.6 Å². The SMILES string of the molecule is CN[C@@H]1CCN(c2ccc(C(=O)Nc3cn4cc(C)nc4c(Cl)n3)c3nn(C)cc23)C1. The van der Waals surface area contributed by atoms with Gasteiger partial charge in [-0.2, -0.15) is 5.10 Å². The second-order valence-corrected chi connectivity index (χ2v) is 8.26. The number of nitrogens with zero attached hydrogens (tertiary/aromatic N) is 6. The van der Waals surface area contributed by atoms with Crippen molar-refractivity contribution in [2.24, 2.45) is 7.05 Å². The minimum Gasteiger partial charge on any atom is -0.369 e. The van der Waals surface area contributed by atoms with Crippen molar-refractivity contribution < 1.29 is 4.79 Å². The Labute approximate surface area is 184 Å². The quantitative estimate of drug-likeness (QED) is 0.509. The van der Waals surface area contributed by atoms with Crippen molar-refractivity contribution in [3.63, 3.8) is 0 Å². The third-order valence-corrected chi connectivity index (χ3v) is 5.96. The molecule has 1 atom stereocenters. The molecule has 0 bridgehead atoms. The molecule has 1 amide bonds. The Morgan fingerprint density at radius 2 is 2.06 bits per heavy atom. The van der Waals surface area contributed by atoms with E-state index in [4.69, 9.17) is 11.6 Å². The van der Waals surface area contributed by atoms with Crippen LogP contribution in [-0.4, -0.2) is 56.2 Å². The summed E-state index contributed by atoms with van der Waals surface area (Å²) in [6.07, 6.45) is 6.58. The molecule has 0 aliphatic carbocycles. The molecule has 9 nitrogen and oxygen atoms in total. The van der Waals surface area contributed by atoms with E-state index in [1.807, 2.05) is 45.5 Å². The molecule has 160 valence electrons. The number of halogens is 1. The molecule has 0 saturated carbocycles. The first-order valence-electron chi connectivity index (χ1n) is 10.1. The van der Waals surface area contributed by atoms with Gasteiger partial charge in [-0.05, 0) is 32.5 Å². The van der Waals surface area contributed by atoms with Gasteiger partial charge >= 0.3 is 0 Å². The number of carbonyl (C=O) groups is 1. The summed E-state index contributed by atoms with van der Waals surface area (Å²) in [5, 5.41) is 12.0. The van der Waals surface area contributed by atoms with Crippen molar-refractivity contribution in [1.29, 1.82) is 0 Å². The Hall–Kier alpha value is -3.17. The summed E-state index contributed by atoms with van der Waals surface area (Å²) in [6.45, 7) is 3.77. The lowest BCUT2D eigenvalue weighted by molar-refractivity contribution is 0.102. The lowest BCUT2D eigenvalue weighted by atomic mass is 10.1. The zero-order valence-corrected chi connectivity index (χ0v) is 18.3. The molecular weight excluding hydrogens is 416 g/mol. The van der Waals surface area contributed by atoms with Crippen molar-refractivity contribution in [2.75, 3.05) is 30.4 Å². The topological polar surface area (TPSA) is 92.4 Å². The van der Waals surface area contributed by atoms with Crippen LogP contribution < -0.4 is 15.5 Å². The van der Waals surface area contributed by atoms with E-state index in [9.17, 15) is 4.79 Å². The number of nitrogens with one attached hydrogen (secondary N) is 2. The van der Waals surface area contributed by atoms with Crippen molar-refractivity contribution >= 4 is 45.6 Å². The highest BCUT2D eigenvalue weighted by Crippen LogP contribution is 2.31. The molecule has 4 aromatic rings. The fourth-order valence-electron chi connectivity index (χ4n) is 4.21. The van der Waals surface area contributed by atoms with Crippen molar-refractivity contribution in [2.45, 2.75) is 19.4 Å². The van der Waals surface area contributed by atoms with E-state index >= 15 is 0 Å². The highest BCUT2D eigenvalue weighted by atomic mass is 35.5. The highest BCUT2D eigenvalue weighted by Gasteiger charge is 2.25. The Balaban J connectivity index is 1.49. The molecule has 1 aliphatic heterocycles. The molecule has 0 radical (unpaired) electrons. The van der Waals surface area contributed by atoms with Gasteiger partial charge in [0.15, 0.2) is 16.6 Å². The first-order valence-corrected chi connectivity index (χ1v) is 10.5. The lowest BCUT2D eigenvalue weighted by Crippen LogP contribution is -2.29. The minimum absolute atomic E-state index is 0.234. The molecule has 0 unspecified atom stereocenters. The number of fused-ring (bicyclic) bond motifs is 2. The molecule has 5 rings (SSSR count). The number of hydrogen-bond acceptors (Lipinski definition) is 6. The second kappa shape index (κ2) is 7.51. The third kappa shape index (κ3) is 3.49. The maximum absolute atomic E-state index is 13.1. The number of hydrogen-bond donors (Lipinski definition) is 2. The average molecular weight is 439 g/mol. The van der Waals surface area contributed by atoms with Gasteiger partial charge in [-0.25, -0.2) is 9.97 Å². The molecular formula is C21H23ClN8O. The monoisotopic (exact) mass is 438 g/mol. The van der Waals surface area contributed by atoms with Crippen LogP contribution in [0.4, 0.5) is 11.5 Å². The maximum Gasteiger partial charge on any atom is 0.259 e. The van der Waals surface area contributed by atoms with Gasteiger partial charge in [-0.1, -0.05) is 11.6 Å². The van der Waals surface area contributed by atoms with Crippen LogP contribution in [0.25, 0.3) is 16.6 Å². The average Bonchev–Trinajstić information content (AvgIpc) is 3.44. The number of anilines is 2. The predicted molar refractivity (Wildman–Crippen MR) is 121 cm³/mol. The standard InChI is InChI=1S/C21H23ClN8O/c1-12-8-30-11-17(25-19(22)20(30)24-12)26-21(31)14-4-5-16(15-10-28(3)27-18(14)15)29-7-6-13(9-29)23-2/h4-5,8,10-11,13,23H,6-7,9H2,1-3H3,(H,26,31)/t13-/m1/s1. The lowest BCUT2D eigenvalue weighted by Gasteiger charge is -2.20. The Morgan fingerprint density at radius 3 is 2.84 bits per heavy atom. The van der Waals surface area contributed by atoms with Crippen LogP contribution in [0.3, 0.4) is 0 Å². The molecule has 10 heteroatoms. The molecule has 1 saturated heterocycles. The van der Waals surface area contributed by atoms with Crippen LogP contribution in [0, 0.1) is 6.92 Å². The number of benzene rings is 1. The van der Waals surface area contributed by atoms with E-state index in [0.29, 0.717) is 28.6 Å². The van der Waals surface area contributed by atoms with Gasteiger partial charge in [0, 0.05) is 49.6 Å². The van der Waals surface area contributed by atoms with Gasteiger partial charge in [0.05, 0.1) is 17.5 Å². The minimum atomic E-state index is -0.287. The molecule has 1 aliphatic rings. The van der Waals surface area contributed by atoms with Gasteiger partial charge in [-0.15, -0.1) is 0 Å². The van der Waals surface area contributed by atoms with Gasteiger partial charge in [0.25, 0.3) is 5.91 Å². The molecule has 31 heavy (non-hydrogen) atoms. The molecule has 2 N–H and O–H groups in total. The molecule has 0 spiro atoms. The maximum atomic E-state index is 13.1. The Morgan fingerprint density at radius 1 is 1.23 bits per heavy atom. The molecule has 3 aromatic heterocycles. The zero-order valence-electron chi connectivity index (χ0n) is 17.6. The van der Waals surface area contributed by atoms with Crippen LogP contribution in [0.1, 0.15) is 22.5 Å². The first-order chi connectivity index (χ1) is 14.9. The van der Waals surface area contributed by atoms with Crippen LogP contribution in [-0.2, 0) is 7.05 Å². The predicted octanol–water partition coefficient (Wildman–Crippen LogP) is 2.63. The number of aryl methyl sites for hydroxylation is 2. The van der Waals surface area contributed by atoms with Crippen molar-refractivity contribution in [1.82, 2.24) is 29.5 Å². The van der Waals surface area contributed by atoms with Gasteiger partial charge in [-0.3, -0.25) is 9.48 Å². The largest absolute Gasteiger partial charge is 0.369 e. The van der Waals surface area contributed by atoms with Gasteiger partial charge < -0.3 is 19.9 Å². The van der Waals surface area contributed by atoms with E-state index in [0.717, 1.165) is 36.3 Å². The molecule has 1 aromatic carbocycles. The summed E-state index contributed by atoms with van der Waals surface area (Å²) < 4.78 is 3.50. The van der Waals surface area contributed by atoms with Crippen LogP contribution >= 0.6 is 11.6 Å². The summed E-state index contributed by atoms with van der Waals surface area (Å²) in [7, 11) is 3.85. The van der Waals surface area contributed by atoms with E-state index in [1.54, 1.807) is 15.3 Å². The Kier molecular flexibility index (Phi) is 4.79. The van der Waals surface area contributed by atoms with Gasteiger partial charge in [0.1, 0.15) is 5.52 Å². The summed E-state index contributed by atoms with van der Waals surface area (Å²) in [4.78, 5) is 24.1. The third-order valence-electron chi connectivity index (χ3n) is 5.71. The number of imidazole rings is 1. The molecule has 4 heterocycles. The number of likely N-dealkylation sites (N-methyl/N-ethyl adjacent to an activating group) is 1. The fraction of sp³-hybridized carbons (Fsp3) is 0.333. The number of rotatable bonds is 4. The number of aromatic nitrogens is 5. The first kappa shape index (κ1) is 19.8. The zero-order chi connectivity index (χ0) is 21.7. The second-order valence-electron chi connectivity index (χ2n) is 7.90. The molecule has 1 fully saturated rings. The van der Waals surface area contributed by atoms with Crippen LogP contribution in [0.15, 0.2) is 30.7 Å². The summed E-state index contributed by atoms with van der Waals surface area (Å²) >= 11 is 6.25. The van der Waals surface area contributed by atoms with Gasteiger partial charge in [0.2, 0.25) is 0 Å². The van der Waals surface area contributed by atoms with E-state index < -0.39 is 0 Å². The normalized spacial score (nSPS) is 16.5.